The lowest BCUT2D eigenvalue weighted by Crippen LogP contribution is -2.10. The van der Waals surface area contributed by atoms with Crippen molar-refractivity contribution in [2.45, 2.75) is 39.3 Å². The molecule has 1 unspecified atom stereocenters. The number of fused-ring (bicyclic) bond motifs is 1. The number of nitrogens with zero attached hydrogens (tertiary/aromatic N) is 3. The number of hydrogen-bond acceptors (Lipinski definition) is 4. The molecule has 0 aliphatic carbocycles. The summed E-state index contributed by atoms with van der Waals surface area (Å²) in [7, 11) is 0. The Bertz CT molecular complexity index is 880. The van der Waals surface area contributed by atoms with Crippen molar-refractivity contribution in [2.24, 2.45) is 0 Å². The van der Waals surface area contributed by atoms with Gasteiger partial charge in [-0.2, -0.15) is 0 Å². The second-order valence-corrected chi connectivity index (χ2v) is 5.71. The quantitative estimate of drug-likeness (QED) is 0.756. The highest BCUT2D eigenvalue weighted by Crippen LogP contribution is 2.24. The smallest absolute Gasteiger partial charge is 0.273 e. The number of aliphatic hydroxyl groups excluding tert-OH is 1. The van der Waals surface area contributed by atoms with Crippen molar-refractivity contribution in [1.82, 2.24) is 19.7 Å². The predicted molar refractivity (Wildman–Crippen MR) is 89.3 cm³/mol. The van der Waals surface area contributed by atoms with Gasteiger partial charge in [0.25, 0.3) is 5.56 Å². The minimum Gasteiger partial charge on any atom is -0.393 e. The molecular formula is C17H20N4O2. The van der Waals surface area contributed by atoms with E-state index in [2.05, 4.69) is 22.0 Å². The molecule has 0 saturated carbocycles. The van der Waals surface area contributed by atoms with Crippen LogP contribution in [0.4, 0.5) is 0 Å². The topological polar surface area (TPSA) is 83.8 Å². The molecule has 0 radical (unpaired) electrons. The molecule has 6 heteroatoms. The predicted octanol–water partition coefficient (Wildman–Crippen LogP) is 2.12. The minimum absolute atomic E-state index is 0.160. The van der Waals surface area contributed by atoms with Crippen molar-refractivity contribution in [3.8, 4) is 11.1 Å². The highest BCUT2D eigenvalue weighted by molar-refractivity contribution is 5.81. The monoisotopic (exact) mass is 312 g/mol. The summed E-state index contributed by atoms with van der Waals surface area (Å²) in [5.41, 5.74) is 3.54. The molecule has 120 valence electrons. The lowest BCUT2D eigenvalue weighted by molar-refractivity contribution is 0.176. The molecule has 1 atom stereocenters. The summed E-state index contributed by atoms with van der Waals surface area (Å²) in [6, 6.07) is 3.81. The van der Waals surface area contributed by atoms with E-state index in [9.17, 15) is 9.90 Å². The van der Waals surface area contributed by atoms with Gasteiger partial charge in [0.1, 0.15) is 0 Å². The molecule has 0 aliphatic rings. The number of nitrogens with one attached hydrogen (secondary N) is 1. The third-order valence-corrected chi connectivity index (χ3v) is 3.97. The van der Waals surface area contributed by atoms with Gasteiger partial charge in [0, 0.05) is 30.7 Å². The molecule has 0 bridgehead atoms. The first-order valence-electron chi connectivity index (χ1n) is 7.80. The molecule has 2 N–H and O–H groups in total. The Hall–Kier alpha value is -2.47. The molecule has 0 amide bonds. The number of aliphatic hydroxyl groups is 1. The summed E-state index contributed by atoms with van der Waals surface area (Å²) >= 11 is 0. The molecule has 3 aromatic rings. The van der Waals surface area contributed by atoms with Crippen LogP contribution in [0.25, 0.3) is 22.2 Å². The standard InChI is InChI=1S/C17H20N4O2/c1-3-12-9-18-6-4-14(12)13-8-15-16(19-10-13)21(20-17(15)23)7-5-11(2)22/h4,6,8-11,22H,3,5,7H2,1-2H3,(H,20,23). The molecule has 3 heterocycles. The molecule has 0 aromatic carbocycles. The summed E-state index contributed by atoms with van der Waals surface area (Å²) in [6.45, 7) is 4.33. The molecule has 3 aromatic heterocycles. The Morgan fingerprint density at radius 1 is 1.39 bits per heavy atom. The van der Waals surface area contributed by atoms with Crippen molar-refractivity contribution in [3.63, 3.8) is 0 Å². The number of aromatic nitrogens is 4. The Kier molecular flexibility index (Phi) is 4.25. The normalized spacial score (nSPS) is 12.7. The molecule has 6 nitrogen and oxygen atoms in total. The van der Waals surface area contributed by atoms with Gasteiger partial charge in [-0.05, 0) is 43.0 Å². The fourth-order valence-corrected chi connectivity index (χ4v) is 2.69. The van der Waals surface area contributed by atoms with Crippen LogP contribution in [-0.2, 0) is 13.0 Å². The van der Waals surface area contributed by atoms with E-state index in [0.29, 0.717) is 24.0 Å². The van der Waals surface area contributed by atoms with Gasteiger partial charge in [-0.25, -0.2) is 4.98 Å². The summed E-state index contributed by atoms with van der Waals surface area (Å²) in [5.74, 6) is 0. The van der Waals surface area contributed by atoms with Gasteiger partial charge in [-0.15, -0.1) is 0 Å². The average molecular weight is 312 g/mol. The van der Waals surface area contributed by atoms with E-state index >= 15 is 0 Å². The minimum atomic E-state index is -0.417. The number of pyridine rings is 2. The van der Waals surface area contributed by atoms with Gasteiger partial charge in [-0.3, -0.25) is 19.6 Å². The van der Waals surface area contributed by atoms with Crippen molar-refractivity contribution >= 4 is 11.0 Å². The third kappa shape index (κ3) is 3.03. The van der Waals surface area contributed by atoms with Crippen LogP contribution in [0.15, 0.2) is 35.5 Å². The molecule has 0 spiro atoms. The zero-order valence-electron chi connectivity index (χ0n) is 13.3. The van der Waals surface area contributed by atoms with Crippen LogP contribution in [0.5, 0.6) is 0 Å². The number of aryl methyl sites for hydroxylation is 2. The van der Waals surface area contributed by atoms with Crippen LogP contribution in [-0.4, -0.2) is 31.0 Å². The van der Waals surface area contributed by atoms with E-state index in [1.54, 1.807) is 24.0 Å². The molecule has 0 fully saturated rings. The van der Waals surface area contributed by atoms with E-state index in [1.165, 1.54) is 0 Å². The molecule has 0 saturated heterocycles. The van der Waals surface area contributed by atoms with E-state index in [0.717, 1.165) is 23.1 Å². The van der Waals surface area contributed by atoms with Crippen molar-refractivity contribution in [1.29, 1.82) is 0 Å². The Labute approximate surface area is 133 Å². The first-order valence-corrected chi connectivity index (χ1v) is 7.80. The molecular weight excluding hydrogens is 292 g/mol. The Morgan fingerprint density at radius 2 is 2.22 bits per heavy atom. The largest absolute Gasteiger partial charge is 0.393 e. The average Bonchev–Trinajstić information content (AvgIpc) is 2.88. The second-order valence-electron chi connectivity index (χ2n) is 5.71. The zero-order valence-corrected chi connectivity index (χ0v) is 13.3. The lowest BCUT2D eigenvalue weighted by Gasteiger charge is -2.08. The number of hydrogen-bond donors (Lipinski definition) is 2. The summed E-state index contributed by atoms with van der Waals surface area (Å²) in [6.07, 6.45) is 6.39. The van der Waals surface area contributed by atoms with Crippen LogP contribution in [0.3, 0.4) is 0 Å². The van der Waals surface area contributed by atoms with E-state index in [4.69, 9.17) is 0 Å². The van der Waals surface area contributed by atoms with E-state index in [-0.39, 0.29) is 5.56 Å². The maximum atomic E-state index is 12.2. The SMILES string of the molecule is CCc1cnccc1-c1cnc2c(c1)c(=O)[nH]n2CCC(C)O. The lowest BCUT2D eigenvalue weighted by atomic mass is 10.0. The Balaban J connectivity index is 2.06. The van der Waals surface area contributed by atoms with E-state index in [1.807, 2.05) is 18.3 Å². The fourth-order valence-electron chi connectivity index (χ4n) is 2.69. The van der Waals surface area contributed by atoms with Gasteiger partial charge < -0.3 is 5.11 Å². The molecule has 0 aliphatic heterocycles. The molecule has 23 heavy (non-hydrogen) atoms. The van der Waals surface area contributed by atoms with Crippen molar-refractivity contribution < 1.29 is 5.11 Å². The number of rotatable bonds is 5. The summed E-state index contributed by atoms with van der Waals surface area (Å²) < 4.78 is 1.70. The van der Waals surface area contributed by atoms with Crippen LogP contribution in [0.1, 0.15) is 25.8 Å². The summed E-state index contributed by atoms with van der Waals surface area (Å²) in [4.78, 5) is 20.8. The molecule has 3 rings (SSSR count). The highest BCUT2D eigenvalue weighted by atomic mass is 16.3. The van der Waals surface area contributed by atoms with Crippen LogP contribution >= 0.6 is 0 Å². The Morgan fingerprint density at radius 3 is 2.96 bits per heavy atom. The maximum absolute atomic E-state index is 12.2. The van der Waals surface area contributed by atoms with Gasteiger partial charge in [0.15, 0.2) is 5.65 Å². The van der Waals surface area contributed by atoms with Crippen LogP contribution < -0.4 is 5.56 Å². The van der Waals surface area contributed by atoms with Crippen molar-refractivity contribution in [3.05, 3.63) is 46.6 Å². The number of H-pyrrole nitrogens is 1. The van der Waals surface area contributed by atoms with Gasteiger partial charge in [0.2, 0.25) is 0 Å². The fraction of sp³-hybridized carbons (Fsp3) is 0.353. The van der Waals surface area contributed by atoms with Crippen LogP contribution in [0.2, 0.25) is 0 Å². The number of aromatic amines is 1. The van der Waals surface area contributed by atoms with E-state index < -0.39 is 6.10 Å². The third-order valence-electron chi connectivity index (χ3n) is 3.97. The van der Waals surface area contributed by atoms with Crippen LogP contribution in [0, 0.1) is 0 Å². The highest BCUT2D eigenvalue weighted by Gasteiger charge is 2.12. The zero-order chi connectivity index (χ0) is 16.4. The maximum Gasteiger partial charge on any atom is 0.273 e. The van der Waals surface area contributed by atoms with Gasteiger partial charge >= 0.3 is 0 Å². The first kappa shape index (κ1) is 15.4. The second kappa shape index (κ2) is 6.34. The van der Waals surface area contributed by atoms with Gasteiger partial charge in [0.05, 0.1) is 11.5 Å². The summed E-state index contributed by atoms with van der Waals surface area (Å²) in [5, 5.41) is 12.8. The van der Waals surface area contributed by atoms with Crippen molar-refractivity contribution in [2.75, 3.05) is 0 Å². The van der Waals surface area contributed by atoms with Gasteiger partial charge in [-0.1, -0.05) is 6.92 Å². The first-order chi connectivity index (χ1) is 11.1.